The Balaban J connectivity index is 4.21. The monoisotopic (exact) mass is 192 g/mol. The van der Waals surface area contributed by atoms with E-state index in [0.717, 1.165) is 0 Å². The van der Waals surface area contributed by atoms with Gasteiger partial charge in [0.2, 0.25) is 0 Å². The molecule has 0 bridgehead atoms. The average Bonchev–Trinajstić information content (AvgIpc) is 2.01. The van der Waals surface area contributed by atoms with Gasteiger partial charge in [-0.15, -0.1) is 11.8 Å². The first-order valence-electron chi connectivity index (χ1n) is 4.19. The van der Waals surface area contributed by atoms with E-state index >= 15 is 0 Å². The quantitative estimate of drug-likeness (QED) is 0.574. The fourth-order valence-electron chi connectivity index (χ4n) is 0.451. The Morgan fingerprint density at radius 2 is 1.85 bits per heavy atom. The Kier molecular flexibility index (Phi) is 5.44. The van der Waals surface area contributed by atoms with Gasteiger partial charge in [0.15, 0.2) is 0 Å². The van der Waals surface area contributed by atoms with Crippen LogP contribution in [0.25, 0.3) is 0 Å². The number of thioether (sulfide) groups is 1. The van der Waals surface area contributed by atoms with Crippen LogP contribution in [0.2, 0.25) is 0 Å². The summed E-state index contributed by atoms with van der Waals surface area (Å²) in [7, 11) is 0. The van der Waals surface area contributed by atoms with Crippen LogP contribution in [0.3, 0.4) is 0 Å². The molecule has 1 heteroatoms. The summed E-state index contributed by atoms with van der Waals surface area (Å²) in [5.41, 5.74) is 0.0486. The van der Waals surface area contributed by atoms with Gasteiger partial charge in [-0.2, -0.15) is 0 Å². The van der Waals surface area contributed by atoms with Crippen LogP contribution < -0.4 is 0 Å². The summed E-state index contributed by atoms with van der Waals surface area (Å²) < 4.78 is 0. The van der Waals surface area contributed by atoms with Crippen LogP contribution in [0, 0.1) is 29.1 Å². The van der Waals surface area contributed by atoms with Crippen molar-refractivity contribution in [2.75, 3.05) is 6.26 Å². The molecule has 70 valence electrons. The van der Waals surface area contributed by atoms with Gasteiger partial charge < -0.3 is 0 Å². The minimum atomic E-state index is 0.0486. The second-order valence-electron chi connectivity index (χ2n) is 3.73. The molecule has 0 aromatic carbocycles. The summed E-state index contributed by atoms with van der Waals surface area (Å²) in [5, 5.41) is 0. The van der Waals surface area contributed by atoms with Gasteiger partial charge in [-0.3, -0.25) is 0 Å². The maximum absolute atomic E-state index is 3.05. The Bertz CT molecular complexity index is 294. The highest BCUT2D eigenvalue weighted by Crippen LogP contribution is 2.09. The number of hydrogen-bond donors (Lipinski definition) is 0. The van der Waals surface area contributed by atoms with Crippen LogP contribution in [0.1, 0.15) is 27.7 Å². The Morgan fingerprint density at radius 1 is 1.23 bits per heavy atom. The van der Waals surface area contributed by atoms with Gasteiger partial charge in [-0.1, -0.05) is 11.8 Å². The summed E-state index contributed by atoms with van der Waals surface area (Å²) in [6.07, 6.45) is 3.93. The normalized spacial score (nSPS) is 11.0. The molecule has 0 saturated heterocycles. The molecule has 0 saturated carbocycles. The van der Waals surface area contributed by atoms with E-state index < -0.39 is 0 Å². The molecule has 0 unspecified atom stereocenters. The lowest BCUT2D eigenvalue weighted by Gasteiger charge is -2.05. The van der Waals surface area contributed by atoms with Crippen molar-refractivity contribution in [2.45, 2.75) is 27.7 Å². The third-order valence-corrected chi connectivity index (χ3v) is 1.93. The summed E-state index contributed by atoms with van der Waals surface area (Å²) in [6, 6.07) is 0. The minimum absolute atomic E-state index is 0.0486. The molecular weight excluding hydrogens is 176 g/mol. The number of rotatable bonds is 1. The molecule has 0 rings (SSSR count). The van der Waals surface area contributed by atoms with Crippen molar-refractivity contribution in [1.29, 1.82) is 0 Å². The van der Waals surface area contributed by atoms with Crippen molar-refractivity contribution in [3.63, 3.8) is 0 Å². The SMILES string of the molecule is CS/C(C)=C\C#CC#CC(C)(C)C. The van der Waals surface area contributed by atoms with E-state index in [0.29, 0.717) is 0 Å². The molecule has 0 radical (unpaired) electrons. The molecule has 0 nitrogen and oxygen atoms in total. The van der Waals surface area contributed by atoms with Crippen LogP contribution in [0.15, 0.2) is 11.0 Å². The lowest BCUT2D eigenvalue weighted by molar-refractivity contribution is 0.571. The van der Waals surface area contributed by atoms with E-state index in [2.05, 4.69) is 44.5 Å². The van der Waals surface area contributed by atoms with E-state index in [1.807, 2.05) is 19.3 Å². The maximum atomic E-state index is 3.05. The first-order chi connectivity index (χ1) is 5.95. The minimum Gasteiger partial charge on any atom is -0.134 e. The highest BCUT2D eigenvalue weighted by Gasteiger charge is 2.02. The van der Waals surface area contributed by atoms with Crippen LogP contribution >= 0.6 is 11.8 Å². The smallest absolute Gasteiger partial charge is 0.0240 e. The second-order valence-corrected chi connectivity index (χ2v) is 4.78. The van der Waals surface area contributed by atoms with Gasteiger partial charge in [-0.25, -0.2) is 0 Å². The molecule has 13 heavy (non-hydrogen) atoms. The fourth-order valence-corrected chi connectivity index (χ4v) is 0.628. The molecular formula is C12H16S. The molecule has 0 amide bonds. The van der Waals surface area contributed by atoms with Crippen molar-refractivity contribution in [3.05, 3.63) is 11.0 Å². The zero-order valence-electron chi connectivity index (χ0n) is 8.99. The topological polar surface area (TPSA) is 0 Å². The highest BCUT2D eigenvalue weighted by molar-refractivity contribution is 8.02. The Morgan fingerprint density at radius 3 is 2.31 bits per heavy atom. The third kappa shape index (κ3) is 9.12. The van der Waals surface area contributed by atoms with E-state index in [1.54, 1.807) is 11.8 Å². The maximum Gasteiger partial charge on any atom is 0.0240 e. The van der Waals surface area contributed by atoms with E-state index in [-0.39, 0.29) is 5.41 Å². The summed E-state index contributed by atoms with van der Waals surface area (Å²) >= 11 is 1.70. The number of hydrogen-bond acceptors (Lipinski definition) is 1. The van der Waals surface area contributed by atoms with Crippen molar-refractivity contribution < 1.29 is 0 Å². The Labute approximate surface area is 86.2 Å². The van der Waals surface area contributed by atoms with Gasteiger partial charge in [0.05, 0.1) is 0 Å². The van der Waals surface area contributed by atoms with Crippen molar-refractivity contribution in [2.24, 2.45) is 5.41 Å². The molecule has 0 aliphatic heterocycles. The zero-order valence-corrected chi connectivity index (χ0v) is 9.80. The third-order valence-electron chi connectivity index (χ3n) is 1.17. The zero-order chi connectivity index (χ0) is 10.3. The van der Waals surface area contributed by atoms with Crippen LogP contribution in [-0.4, -0.2) is 6.26 Å². The molecule has 0 aliphatic rings. The lowest BCUT2D eigenvalue weighted by atomic mass is 9.98. The summed E-state index contributed by atoms with van der Waals surface area (Å²) in [5.74, 6) is 11.6. The van der Waals surface area contributed by atoms with Crippen molar-refractivity contribution >= 4 is 11.8 Å². The molecule has 0 aromatic rings. The summed E-state index contributed by atoms with van der Waals surface area (Å²) in [4.78, 5) is 1.21. The summed E-state index contributed by atoms with van der Waals surface area (Å²) in [6.45, 7) is 8.26. The van der Waals surface area contributed by atoms with E-state index in [9.17, 15) is 0 Å². The lowest BCUT2D eigenvalue weighted by Crippen LogP contribution is -1.98. The van der Waals surface area contributed by atoms with E-state index in [1.165, 1.54) is 4.91 Å². The molecule has 0 spiro atoms. The van der Waals surface area contributed by atoms with Gasteiger partial charge >= 0.3 is 0 Å². The van der Waals surface area contributed by atoms with Gasteiger partial charge in [0, 0.05) is 5.41 Å². The molecule has 0 aliphatic carbocycles. The molecule has 0 aromatic heterocycles. The molecule has 0 N–H and O–H groups in total. The van der Waals surface area contributed by atoms with Gasteiger partial charge in [-0.05, 0) is 56.8 Å². The number of allylic oxidation sites excluding steroid dienone is 2. The first-order valence-corrected chi connectivity index (χ1v) is 5.41. The highest BCUT2D eigenvalue weighted by atomic mass is 32.2. The Hall–Kier alpha value is -0.790. The van der Waals surface area contributed by atoms with E-state index in [4.69, 9.17) is 0 Å². The van der Waals surface area contributed by atoms with Crippen molar-refractivity contribution in [1.82, 2.24) is 0 Å². The largest absolute Gasteiger partial charge is 0.134 e. The molecule has 0 heterocycles. The molecule has 0 fully saturated rings. The first kappa shape index (κ1) is 12.2. The average molecular weight is 192 g/mol. The fraction of sp³-hybridized carbons (Fsp3) is 0.500. The van der Waals surface area contributed by atoms with Crippen molar-refractivity contribution in [3.8, 4) is 23.7 Å². The van der Waals surface area contributed by atoms with Crippen LogP contribution in [0.4, 0.5) is 0 Å². The standard InChI is InChI=1S/C12H16S/c1-11(13-5)9-7-6-8-10-12(2,3)4/h9H,1-5H3/b11-9-. The second kappa shape index (κ2) is 5.79. The van der Waals surface area contributed by atoms with Crippen LogP contribution in [-0.2, 0) is 0 Å². The van der Waals surface area contributed by atoms with Gasteiger partial charge in [0.25, 0.3) is 0 Å². The molecule has 0 atom stereocenters. The predicted molar refractivity (Wildman–Crippen MR) is 62.3 cm³/mol. The predicted octanol–water partition coefficient (Wildman–Crippen LogP) is 3.31. The van der Waals surface area contributed by atoms with Crippen LogP contribution in [0.5, 0.6) is 0 Å². The van der Waals surface area contributed by atoms with Gasteiger partial charge in [0.1, 0.15) is 0 Å².